The molecule has 124 valence electrons. The molecule has 0 saturated heterocycles. The third-order valence-electron chi connectivity index (χ3n) is 2.97. The first-order chi connectivity index (χ1) is 11.0. The van der Waals surface area contributed by atoms with Gasteiger partial charge in [0.15, 0.2) is 0 Å². The van der Waals surface area contributed by atoms with Gasteiger partial charge in [-0.05, 0) is 30.8 Å². The second kappa shape index (κ2) is 7.94. The van der Waals surface area contributed by atoms with Gasteiger partial charge >= 0.3 is 6.18 Å². The van der Waals surface area contributed by atoms with Crippen molar-refractivity contribution in [2.75, 3.05) is 20.2 Å². The minimum absolute atomic E-state index is 0.347. The SMILES string of the molecule is CNCCOCc1coc(/C=C/c2ccc(C(F)(F)F)cc2)n1. The maximum atomic E-state index is 12.5. The maximum absolute atomic E-state index is 12.5. The van der Waals surface area contributed by atoms with Gasteiger partial charge in [0.2, 0.25) is 5.89 Å². The van der Waals surface area contributed by atoms with Gasteiger partial charge in [-0.1, -0.05) is 12.1 Å². The molecule has 0 radical (unpaired) electrons. The zero-order valence-corrected chi connectivity index (χ0v) is 12.6. The summed E-state index contributed by atoms with van der Waals surface area (Å²) >= 11 is 0. The van der Waals surface area contributed by atoms with Gasteiger partial charge in [0.1, 0.15) is 12.0 Å². The number of nitrogens with one attached hydrogen (secondary N) is 1. The summed E-state index contributed by atoms with van der Waals surface area (Å²) in [6.45, 7) is 1.66. The molecule has 0 spiro atoms. The average Bonchev–Trinajstić information content (AvgIpc) is 2.97. The van der Waals surface area contributed by atoms with Crippen LogP contribution in [0.3, 0.4) is 0 Å². The van der Waals surface area contributed by atoms with Crippen molar-refractivity contribution in [3.63, 3.8) is 0 Å². The van der Waals surface area contributed by atoms with Crippen molar-refractivity contribution >= 4 is 12.2 Å². The first-order valence-electron chi connectivity index (χ1n) is 7.01. The molecule has 0 amide bonds. The fourth-order valence-corrected chi connectivity index (χ4v) is 1.77. The van der Waals surface area contributed by atoms with Crippen molar-refractivity contribution in [3.05, 3.63) is 53.2 Å². The summed E-state index contributed by atoms with van der Waals surface area (Å²) in [6, 6.07) is 4.86. The normalized spacial score (nSPS) is 12.2. The van der Waals surface area contributed by atoms with E-state index in [9.17, 15) is 13.2 Å². The standard InChI is InChI=1S/C16H17F3N2O2/c1-20-8-9-22-10-14-11-23-15(21-14)7-4-12-2-5-13(6-3-12)16(17,18)19/h2-7,11,20H,8-10H2,1H3/b7-4+. The minimum atomic E-state index is -4.33. The van der Waals surface area contributed by atoms with Crippen LogP contribution in [0, 0.1) is 0 Å². The second-order valence-corrected chi connectivity index (χ2v) is 4.79. The molecule has 23 heavy (non-hydrogen) atoms. The summed E-state index contributed by atoms with van der Waals surface area (Å²) in [4.78, 5) is 4.20. The van der Waals surface area contributed by atoms with Gasteiger partial charge in [-0.2, -0.15) is 13.2 Å². The van der Waals surface area contributed by atoms with Crippen molar-refractivity contribution in [2.45, 2.75) is 12.8 Å². The Morgan fingerprint density at radius 3 is 2.61 bits per heavy atom. The Morgan fingerprint density at radius 1 is 1.22 bits per heavy atom. The molecule has 1 N–H and O–H groups in total. The molecule has 1 aromatic carbocycles. The number of likely N-dealkylation sites (N-methyl/N-ethyl adjacent to an activating group) is 1. The summed E-state index contributed by atoms with van der Waals surface area (Å²) in [6.07, 6.45) is 0.399. The third-order valence-corrected chi connectivity index (χ3v) is 2.97. The first-order valence-corrected chi connectivity index (χ1v) is 7.01. The van der Waals surface area contributed by atoms with Crippen LogP contribution in [-0.2, 0) is 17.5 Å². The average molecular weight is 326 g/mol. The van der Waals surface area contributed by atoms with Crippen LogP contribution >= 0.6 is 0 Å². The topological polar surface area (TPSA) is 47.3 Å². The van der Waals surface area contributed by atoms with Gasteiger partial charge in [0.05, 0.1) is 18.8 Å². The first kappa shape index (κ1) is 17.2. The number of hydrogen-bond donors (Lipinski definition) is 1. The van der Waals surface area contributed by atoms with E-state index < -0.39 is 11.7 Å². The Bertz CT molecular complexity index is 634. The summed E-state index contributed by atoms with van der Waals surface area (Å²) in [5, 5.41) is 2.96. The van der Waals surface area contributed by atoms with Crippen molar-refractivity contribution in [2.24, 2.45) is 0 Å². The van der Waals surface area contributed by atoms with Crippen molar-refractivity contribution in [3.8, 4) is 0 Å². The van der Waals surface area contributed by atoms with Gasteiger partial charge in [0.25, 0.3) is 0 Å². The van der Waals surface area contributed by atoms with Crippen LogP contribution in [0.4, 0.5) is 13.2 Å². The molecule has 0 aliphatic heterocycles. The van der Waals surface area contributed by atoms with Crippen molar-refractivity contribution in [1.29, 1.82) is 0 Å². The lowest BCUT2D eigenvalue weighted by Gasteiger charge is -2.05. The minimum Gasteiger partial charge on any atom is -0.445 e. The Hall–Kier alpha value is -2.12. The number of ether oxygens (including phenoxy) is 1. The van der Waals surface area contributed by atoms with Crippen LogP contribution < -0.4 is 5.32 Å². The largest absolute Gasteiger partial charge is 0.445 e. The zero-order valence-electron chi connectivity index (χ0n) is 12.6. The summed E-state index contributed by atoms with van der Waals surface area (Å²) < 4.78 is 48.0. The zero-order chi connectivity index (χ0) is 16.7. The van der Waals surface area contributed by atoms with Crippen LogP contribution in [0.1, 0.15) is 22.7 Å². The van der Waals surface area contributed by atoms with Crippen molar-refractivity contribution < 1.29 is 22.3 Å². The van der Waals surface area contributed by atoms with Gasteiger partial charge < -0.3 is 14.5 Å². The third kappa shape index (κ3) is 5.54. The fourth-order valence-electron chi connectivity index (χ4n) is 1.77. The highest BCUT2D eigenvalue weighted by Crippen LogP contribution is 2.29. The van der Waals surface area contributed by atoms with Crippen LogP contribution in [0.25, 0.3) is 12.2 Å². The molecule has 0 unspecified atom stereocenters. The summed E-state index contributed by atoms with van der Waals surface area (Å²) in [5.74, 6) is 0.372. The molecule has 0 fully saturated rings. The van der Waals surface area contributed by atoms with Gasteiger partial charge in [-0.3, -0.25) is 0 Å². The number of benzene rings is 1. The molecule has 1 heterocycles. The van der Waals surface area contributed by atoms with Crippen molar-refractivity contribution in [1.82, 2.24) is 10.3 Å². The molecule has 0 atom stereocenters. The lowest BCUT2D eigenvalue weighted by molar-refractivity contribution is -0.137. The van der Waals surface area contributed by atoms with E-state index in [0.29, 0.717) is 30.4 Å². The van der Waals surface area contributed by atoms with E-state index in [1.807, 2.05) is 7.05 Å². The fraction of sp³-hybridized carbons (Fsp3) is 0.312. The molecule has 0 bridgehead atoms. The predicted octanol–water partition coefficient (Wildman–Crippen LogP) is 3.60. The Morgan fingerprint density at radius 2 is 1.96 bits per heavy atom. The Balaban J connectivity index is 1.91. The van der Waals surface area contributed by atoms with Crippen LogP contribution in [0.5, 0.6) is 0 Å². The van der Waals surface area contributed by atoms with E-state index in [1.54, 1.807) is 12.2 Å². The molecule has 4 nitrogen and oxygen atoms in total. The monoisotopic (exact) mass is 326 g/mol. The lowest BCUT2D eigenvalue weighted by Crippen LogP contribution is -2.14. The highest BCUT2D eigenvalue weighted by atomic mass is 19.4. The highest BCUT2D eigenvalue weighted by molar-refractivity contribution is 5.66. The van der Waals surface area contributed by atoms with E-state index in [-0.39, 0.29) is 0 Å². The smallest absolute Gasteiger partial charge is 0.416 e. The van der Waals surface area contributed by atoms with E-state index in [2.05, 4.69) is 10.3 Å². The maximum Gasteiger partial charge on any atom is 0.416 e. The van der Waals surface area contributed by atoms with Crippen LogP contribution in [0.2, 0.25) is 0 Å². The van der Waals surface area contributed by atoms with Gasteiger partial charge in [0, 0.05) is 12.6 Å². The Labute approximate surface area is 132 Å². The number of alkyl halides is 3. The quantitative estimate of drug-likeness (QED) is 0.790. The van der Waals surface area contributed by atoms with E-state index in [4.69, 9.17) is 9.15 Å². The number of halogens is 3. The predicted molar refractivity (Wildman–Crippen MR) is 80.5 cm³/mol. The molecular formula is C16H17F3N2O2. The molecule has 1 aromatic heterocycles. The summed E-state index contributed by atoms with van der Waals surface area (Å²) in [5.41, 5.74) is 0.614. The molecule has 0 aliphatic rings. The van der Waals surface area contributed by atoms with E-state index in [1.165, 1.54) is 18.4 Å². The number of hydrogen-bond acceptors (Lipinski definition) is 4. The Kier molecular flexibility index (Phi) is 5.95. The molecule has 2 rings (SSSR count). The van der Waals surface area contributed by atoms with E-state index in [0.717, 1.165) is 18.7 Å². The van der Waals surface area contributed by atoms with Crippen LogP contribution in [-0.4, -0.2) is 25.2 Å². The van der Waals surface area contributed by atoms with Crippen LogP contribution in [0.15, 0.2) is 34.9 Å². The van der Waals surface area contributed by atoms with Gasteiger partial charge in [-0.25, -0.2) is 4.98 Å². The van der Waals surface area contributed by atoms with Gasteiger partial charge in [-0.15, -0.1) is 0 Å². The number of aromatic nitrogens is 1. The molecule has 2 aromatic rings. The molecule has 7 heteroatoms. The second-order valence-electron chi connectivity index (χ2n) is 4.79. The summed E-state index contributed by atoms with van der Waals surface area (Å²) in [7, 11) is 1.84. The molecule has 0 aliphatic carbocycles. The highest BCUT2D eigenvalue weighted by Gasteiger charge is 2.29. The molecular weight excluding hydrogens is 309 g/mol. The lowest BCUT2D eigenvalue weighted by atomic mass is 10.1. The number of rotatable bonds is 7. The number of oxazole rings is 1. The van der Waals surface area contributed by atoms with E-state index >= 15 is 0 Å². The number of nitrogens with zero attached hydrogens (tertiary/aromatic N) is 1. The molecule has 0 saturated carbocycles.